The number of para-hydroxylation sites is 1. The fraction of sp³-hybridized carbons (Fsp3) is 0.227. The second-order valence-electron chi connectivity index (χ2n) is 7.29. The van der Waals surface area contributed by atoms with Crippen LogP contribution in [0, 0.1) is 11.7 Å². The van der Waals surface area contributed by atoms with Gasteiger partial charge in [0.15, 0.2) is 0 Å². The Bertz CT molecular complexity index is 1240. The normalized spacial score (nSPS) is 12.6. The number of carbonyl (C=O) groups excluding carboxylic acids is 1. The minimum absolute atomic E-state index is 0.0807. The minimum Gasteiger partial charge on any atom is -0.448 e. The van der Waals surface area contributed by atoms with Crippen LogP contribution in [0.15, 0.2) is 64.1 Å². The maximum atomic E-state index is 13.2. The largest absolute Gasteiger partial charge is 0.448 e. The smallest absolute Gasteiger partial charge is 0.297 e. The highest BCUT2D eigenvalue weighted by molar-refractivity contribution is 6.01. The van der Waals surface area contributed by atoms with E-state index < -0.39 is 5.56 Å². The van der Waals surface area contributed by atoms with Crippen molar-refractivity contribution in [2.45, 2.75) is 26.4 Å². The molecular weight excluding hydrogens is 373 g/mol. The van der Waals surface area contributed by atoms with Crippen LogP contribution in [-0.2, 0) is 11.3 Å². The molecule has 0 bridgehead atoms. The molecule has 6 nitrogen and oxygen atoms in total. The van der Waals surface area contributed by atoms with Crippen molar-refractivity contribution < 1.29 is 13.6 Å². The van der Waals surface area contributed by atoms with Gasteiger partial charge >= 0.3 is 0 Å². The van der Waals surface area contributed by atoms with Crippen LogP contribution in [0.25, 0.3) is 22.1 Å². The number of rotatable bonds is 5. The first-order valence-electron chi connectivity index (χ1n) is 9.35. The molecule has 0 radical (unpaired) electrons. The summed E-state index contributed by atoms with van der Waals surface area (Å²) in [7, 11) is 0. The number of nitrogens with one attached hydrogen (secondary N) is 1. The number of amides is 1. The van der Waals surface area contributed by atoms with Crippen molar-refractivity contribution in [3.05, 3.63) is 76.6 Å². The van der Waals surface area contributed by atoms with E-state index in [0.29, 0.717) is 11.1 Å². The van der Waals surface area contributed by atoms with Crippen LogP contribution in [0.4, 0.5) is 4.39 Å². The van der Waals surface area contributed by atoms with Gasteiger partial charge in [0.1, 0.15) is 23.5 Å². The maximum absolute atomic E-state index is 13.2. The van der Waals surface area contributed by atoms with Gasteiger partial charge in [0.05, 0.1) is 12.4 Å². The summed E-state index contributed by atoms with van der Waals surface area (Å²) in [6.45, 7) is 3.73. The molecule has 0 fully saturated rings. The second kappa shape index (κ2) is 7.50. The number of hydrogen-bond acceptors (Lipinski definition) is 4. The number of nitrogens with zero attached hydrogens (tertiary/aromatic N) is 2. The Morgan fingerprint density at radius 2 is 1.90 bits per heavy atom. The maximum Gasteiger partial charge on any atom is 0.297 e. The van der Waals surface area contributed by atoms with E-state index in [1.165, 1.54) is 23.0 Å². The molecule has 0 aliphatic rings. The number of halogens is 1. The van der Waals surface area contributed by atoms with Crippen molar-refractivity contribution >= 4 is 28.0 Å². The summed E-state index contributed by atoms with van der Waals surface area (Å²) in [6.07, 6.45) is 1.36. The fourth-order valence-corrected chi connectivity index (χ4v) is 3.41. The summed E-state index contributed by atoms with van der Waals surface area (Å²) in [4.78, 5) is 29.7. The molecule has 0 aliphatic heterocycles. The van der Waals surface area contributed by atoms with Crippen LogP contribution in [-0.4, -0.2) is 15.5 Å². The molecule has 0 saturated heterocycles. The van der Waals surface area contributed by atoms with E-state index in [9.17, 15) is 14.0 Å². The van der Waals surface area contributed by atoms with Crippen molar-refractivity contribution in [2.75, 3.05) is 0 Å². The molecule has 0 spiro atoms. The van der Waals surface area contributed by atoms with E-state index in [1.807, 2.05) is 32.0 Å². The zero-order chi connectivity index (χ0) is 20.5. The van der Waals surface area contributed by atoms with Gasteiger partial charge in [-0.2, -0.15) is 0 Å². The Balaban J connectivity index is 1.59. The Labute approximate surface area is 166 Å². The topological polar surface area (TPSA) is 77.1 Å². The standard InChI is InChI=1S/C22H20FN3O3/c1-13(2)19(14-7-9-15(23)10-8-14)25-18(27)11-26-12-24-20-16-5-3-4-6-17(16)29-21(20)22(26)28/h3-10,12-13,19H,11H2,1-2H3,(H,25,27). The van der Waals surface area contributed by atoms with E-state index >= 15 is 0 Å². The molecular formula is C22H20FN3O3. The van der Waals surface area contributed by atoms with Gasteiger partial charge in [-0.25, -0.2) is 9.37 Å². The first-order chi connectivity index (χ1) is 13.9. The minimum atomic E-state index is -0.413. The summed E-state index contributed by atoms with van der Waals surface area (Å²) >= 11 is 0. The second-order valence-corrected chi connectivity index (χ2v) is 7.29. The highest BCUT2D eigenvalue weighted by atomic mass is 19.1. The van der Waals surface area contributed by atoms with Crippen molar-refractivity contribution in [2.24, 2.45) is 5.92 Å². The predicted molar refractivity (Wildman–Crippen MR) is 108 cm³/mol. The lowest BCUT2D eigenvalue weighted by Gasteiger charge is -2.23. The highest BCUT2D eigenvalue weighted by Crippen LogP contribution is 2.24. The Morgan fingerprint density at radius 1 is 1.17 bits per heavy atom. The van der Waals surface area contributed by atoms with E-state index in [4.69, 9.17) is 4.42 Å². The van der Waals surface area contributed by atoms with Crippen LogP contribution in [0.5, 0.6) is 0 Å². The van der Waals surface area contributed by atoms with Crippen molar-refractivity contribution in [3.8, 4) is 0 Å². The molecule has 4 rings (SSSR count). The van der Waals surface area contributed by atoms with Crippen LogP contribution in [0.1, 0.15) is 25.5 Å². The lowest BCUT2D eigenvalue weighted by atomic mass is 9.96. The average molecular weight is 393 g/mol. The van der Waals surface area contributed by atoms with Crippen molar-refractivity contribution in [1.29, 1.82) is 0 Å². The number of hydrogen-bond donors (Lipinski definition) is 1. The molecule has 29 heavy (non-hydrogen) atoms. The Morgan fingerprint density at radius 3 is 2.62 bits per heavy atom. The van der Waals surface area contributed by atoms with E-state index in [-0.39, 0.29) is 35.8 Å². The highest BCUT2D eigenvalue weighted by Gasteiger charge is 2.20. The number of carbonyl (C=O) groups is 1. The molecule has 7 heteroatoms. The fourth-order valence-electron chi connectivity index (χ4n) is 3.41. The number of benzene rings is 2. The monoisotopic (exact) mass is 393 g/mol. The number of aromatic nitrogens is 2. The van der Waals surface area contributed by atoms with Crippen LogP contribution in [0.2, 0.25) is 0 Å². The summed E-state index contributed by atoms with van der Waals surface area (Å²) < 4.78 is 20.1. The molecule has 2 heterocycles. The molecule has 0 aliphatic carbocycles. The third-order valence-electron chi connectivity index (χ3n) is 4.88. The molecule has 1 N–H and O–H groups in total. The SMILES string of the molecule is CC(C)C(NC(=O)Cn1cnc2c(oc3ccccc32)c1=O)c1ccc(F)cc1. The van der Waals surface area contributed by atoms with E-state index in [1.54, 1.807) is 18.2 Å². The van der Waals surface area contributed by atoms with Crippen molar-refractivity contribution in [3.63, 3.8) is 0 Å². The molecule has 4 aromatic rings. The molecule has 1 unspecified atom stereocenters. The van der Waals surface area contributed by atoms with Gasteiger partial charge in [0.2, 0.25) is 11.5 Å². The molecule has 1 atom stereocenters. The van der Waals surface area contributed by atoms with Gasteiger partial charge in [0, 0.05) is 5.39 Å². The van der Waals surface area contributed by atoms with Gasteiger partial charge in [-0.3, -0.25) is 14.2 Å². The average Bonchev–Trinajstić information content (AvgIpc) is 3.08. The van der Waals surface area contributed by atoms with Gasteiger partial charge in [-0.05, 0) is 35.7 Å². The molecule has 1 amide bonds. The first-order valence-corrected chi connectivity index (χ1v) is 9.35. The van der Waals surface area contributed by atoms with E-state index in [2.05, 4.69) is 10.3 Å². The zero-order valence-corrected chi connectivity index (χ0v) is 16.1. The Kier molecular flexibility index (Phi) is 4.88. The van der Waals surface area contributed by atoms with E-state index in [0.717, 1.165) is 10.9 Å². The Hall–Kier alpha value is -3.48. The van der Waals surface area contributed by atoms with Crippen LogP contribution in [0.3, 0.4) is 0 Å². The molecule has 2 aromatic carbocycles. The van der Waals surface area contributed by atoms with Gasteiger partial charge in [-0.15, -0.1) is 0 Å². The number of furan rings is 1. The molecule has 148 valence electrons. The summed E-state index contributed by atoms with van der Waals surface area (Å²) in [5.74, 6) is -0.594. The quantitative estimate of drug-likeness (QED) is 0.560. The van der Waals surface area contributed by atoms with Gasteiger partial charge < -0.3 is 9.73 Å². The first kappa shape index (κ1) is 18.9. The van der Waals surface area contributed by atoms with Crippen molar-refractivity contribution in [1.82, 2.24) is 14.9 Å². The lowest BCUT2D eigenvalue weighted by Crippen LogP contribution is -2.36. The summed E-state index contributed by atoms with van der Waals surface area (Å²) in [6, 6.07) is 13.0. The summed E-state index contributed by atoms with van der Waals surface area (Å²) in [5.41, 5.74) is 1.57. The van der Waals surface area contributed by atoms with Crippen LogP contribution < -0.4 is 10.9 Å². The van der Waals surface area contributed by atoms with Gasteiger partial charge in [-0.1, -0.05) is 38.1 Å². The molecule has 0 saturated carbocycles. The third kappa shape index (κ3) is 3.63. The lowest BCUT2D eigenvalue weighted by molar-refractivity contribution is -0.122. The summed E-state index contributed by atoms with van der Waals surface area (Å²) in [5, 5.41) is 3.68. The zero-order valence-electron chi connectivity index (χ0n) is 16.1. The third-order valence-corrected chi connectivity index (χ3v) is 4.88. The van der Waals surface area contributed by atoms with Gasteiger partial charge in [0.25, 0.3) is 5.56 Å². The van der Waals surface area contributed by atoms with Crippen LogP contribution >= 0.6 is 0 Å². The molecule has 2 aromatic heterocycles. The number of fused-ring (bicyclic) bond motifs is 3. The predicted octanol–water partition coefficient (Wildman–Crippen LogP) is 3.80.